The van der Waals surface area contributed by atoms with Crippen molar-refractivity contribution < 1.29 is 14.3 Å². The van der Waals surface area contributed by atoms with Gasteiger partial charge in [-0.2, -0.15) is 0 Å². The standard InChI is InChI=1S/C23H32O3/c1-15(2)19-13-8-16(3)14-22(19)26-23(25)18-11-9-17(10-12-18)20-6-4-5-7-21(20)24/h9-12,15-16,19-20,22H,4-8,13-14H2,1-3H3/t16-,19+,20+,22-/m0/s1. The van der Waals surface area contributed by atoms with Crippen molar-refractivity contribution >= 4 is 11.8 Å². The lowest BCUT2D eigenvalue weighted by atomic mass is 9.75. The van der Waals surface area contributed by atoms with Gasteiger partial charge in [-0.1, -0.05) is 45.7 Å². The minimum atomic E-state index is -0.226. The molecule has 0 bridgehead atoms. The van der Waals surface area contributed by atoms with Gasteiger partial charge >= 0.3 is 5.97 Å². The Morgan fingerprint density at radius 1 is 1.08 bits per heavy atom. The number of esters is 1. The second-order valence-electron chi connectivity index (χ2n) is 8.66. The molecule has 1 aromatic rings. The van der Waals surface area contributed by atoms with Crippen LogP contribution in [0.25, 0.3) is 0 Å². The molecule has 0 unspecified atom stereocenters. The van der Waals surface area contributed by atoms with E-state index in [1.54, 1.807) is 0 Å². The Bertz CT molecular complexity index is 631. The van der Waals surface area contributed by atoms with E-state index >= 15 is 0 Å². The van der Waals surface area contributed by atoms with Crippen LogP contribution >= 0.6 is 0 Å². The summed E-state index contributed by atoms with van der Waals surface area (Å²) >= 11 is 0. The molecule has 1 aromatic carbocycles. The van der Waals surface area contributed by atoms with Crippen molar-refractivity contribution in [1.82, 2.24) is 0 Å². The summed E-state index contributed by atoms with van der Waals surface area (Å²) in [6.45, 7) is 6.68. The van der Waals surface area contributed by atoms with E-state index in [4.69, 9.17) is 4.74 Å². The Labute approximate surface area is 157 Å². The molecule has 3 nitrogen and oxygen atoms in total. The highest BCUT2D eigenvalue weighted by atomic mass is 16.5. The van der Waals surface area contributed by atoms with E-state index in [1.807, 2.05) is 24.3 Å². The van der Waals surface area contributed by atoms with E-state index in [-0.39, 0.29) is 18.0 Å². The molecule has 0 spiro atoms. The third kappa shape index (κ3) is 4.36. The summed E-state index contributed by atoms with van der Waals surface area (Å²) < 4.78 is 5.92. The molecule has 0 radical (unpaired) electrons. The van der Waals surface area contributed by atoms with E-state index in [2.05, 4.69) is 20.8 Å². The second kappa shape index (κ2) is 8.37. The van der Waals surface area contributed by atoms with Gasteiger partial charge in [0.2, 0.25) is 0 Å². The lowest BCUT2D eigenvalue weighted by Crippen LogP contribution is -2.35. The molecule has 4 atom stereocenters. The van der Waals surface area contributed by atoms with E-state index < -0.39 is 0 Å². The van der Waals surface area contributed by atoms with Crippen molar-refractivity contribution in [2.24, 2.45) is 17.8 Å². The predicted octanol–water partition coefficient (Wildman–Crippen LogP) is 5.53. The molecule has 3 rings (SSSR count). The minimum Gasteiger partial charge on any atom is -0.458 e. The summed E-state index contributed by atoms with van der Waals surface area (Å²) in [5.41, 5.74) is 1.63. The first-order valence-corrected chi connectivity index (χ1v) is 10.3. The van der Waals surface area contributed by atoms with Crippen molar-refractivity contribution in [2.75, 3.05) is 0 Å². The van der Waals surface area contributed by atoms with Crippen LogP contribution in [0.2, 0.25) is 0 Å². The van der Waals surface area contributed by atoms with Gasteiger partial charge < -0.3 is 4.74 Å². The molecule has 0 saturated heterocycles. The summed E-state index contributed by atoms with van der Waals surface area (Å²) in [7, 11) is 0. The summed E-state index contributed by atoms with van der Waals surface area (Å²) in [6, 6.07) is 7.54. The Morgan fingerprint density at radius 3 is 2.46 bits per heavy atom. The van der Waals surface area contributed by atoms with Gasteiger partial charge in [-0.25, -0.2) is 4.79 Å². The maximum absolute atomic E-state index is 12.7. The number of Topliss-reactive ketones (excluding diaryl/α,β-unsaturated/α-hetero) is 1. The van der Waals surface area contributed by atoms with E-state index in [9.17, 15) is 9.59 Å². The first-order valence-electron chi connectivity index (χ1n) is 10.3. The second-order valence-corrected chi connectivity index (χ2v) is 8.66. The van der Waals surface area contributed by atoms with Crippen LogP contribution in [-0.4, -0.2) is 17.9 Å². The van der Waals surface area contributed by atoms with Crippen molar-refractivity contribution in [2.45, 2.75) is 77.7 Å². The molecular weight excluding hydrogens is 324 g/mol. The summed E-state index contributed by atoms with van der Waals surface area (Å²) in [4.78, 5) is 24.8. The number of hydrogen-bond donors (Lipinski definition) is 0. The first kappa shape index (κ1) is 19.1. The van der Waals surface area contributed by atoms with Gasteiger partial charge in [-0.15, -0.1) is 0 Å². The average molecular weight is 357 g/mol. The molecule has 0 aromatic heterocycles. The zero-order valence-electron chi connectivity index (χ0n) is 16.4. The normalized spacial score (nSPS) is 29.6. The summed E-state index contributed by atoms with van der Waals surface area (Å²) in [5.74, 6) is 1.72. The van der Waals surface area contributed by atoms with Crippen LogP contribution in [-0.2, 0) is 9.53 Å². The first-order chi connectivity index (χ1) is 12.5. The molecular formula is C23H32O3. The largest absolute Gasteiger partial charge is 0.458 e. The van der Waals surface area contributed by atoms with Crippen LogP contribution in [0.4, 0.5) is 0 Å². The number of hydrogen-bond acceptors (Lipinski definition) is 3. The van der Waals surface area contributed by atoms with Crippen molar-refractivity contribution in [3.8, 4) is 0 Å². The fourth-order valence-corrected chi connectivity index (χ4v) is 4.64. The highest BCUT2D eigenvalue weighted by molar-refractivity contribution is 5.90. The van der Waals surface area contributed by atoms with E-state index in [1.165, 1.54) is 6.42 Å². The molecule has 26 heavy (non-hydrogen) atoms. The molecule has 2 aliphatic carbocycles. The number of carbonyl (C=O) groups excluding carboxylic acids is 2. The Balaban J connectivity index is 1.66. The lowest BCUT2D eigenvalue weighted by molar-refractivity contribution is -0.121. The monoisotopic (exact) mass is 356 g/mol. The van der Waals surface area contributed by atoms with Gasteiger partial charge in [0, 0.05) is 12.3 Å². The third-order valence-corrected chi connectivity index (χ3v) is 6.32. The topological polar surface area (TPSA) is 43.4 Å². The van der Waals surface area contributed by atoms with Gasteiger partial charge in [0.05, 0.1) is 5.56 Å². The van der Waals surface area contributed by atoms with Gasteiger partial charge in [0.25, 0.3) is 0 Å². The number of ether oxygens (including phenoxy) is 1. The predicted molar refractivity (Wildman–Crippen MR) is 103 cm³/mol. The van der Waals surface area contributed by atoms with Crippen LogP contribution < -0.4 is 0 Å². The van der Waals surface area contributed by atoms with Gasteiger partial charge in [-0.3, -0.25) is 4.79 Å². The number of carbonyl (C=O) groups is 2. The average Bonchev–Trinajstić information content (AvgIpc) is 2.62. The highest BCUT2D eigenvalue weighted by Crippen LogP contribution is 2.36. The quantitative estimate of drug-likeness (QED) is 0.666. The van der Waals surface area contributed by atoms with Crippen LogP contribution in [0.15, 0.2) is 24.3 Å². The highest BCUT2D eigenvalue weighted by Gasteiger charge is 2.33. The van der Waals surface area contributed by atoms with Crippen molar-refractivity contribution in [3.63, 3.8) is 0 Å². The van der Waals surface area contributed by atoms with Gasteiger partial charge in [0.1, 0.15) is 11.9 Å². The molecule has 2 fully saturated rings. The van der Waals surface area contributed by atoms with Crippen LogP contribution in [0.1, 0.15) is 87.6 Å². The SMILES string of the molecule is CC(C)[C@H]1CC[C@H](C)C[C@@H]1OC(=O)c1ccc([C@H]2CCCCC2=O)cc1. The van der Waals surface area contributed by atoms with Crippen LogP contribution in [0, 0.1) is 17.8 Å². The van der Waals surface area contributed by atoms with Crippen LogP contribution in [0.3, 0.4) is 0 Å². The molecule has 3 heteroatoms. The smallest absolute Gasteiger partial charge is 0.338 e. The van der Waals surface area contributed by atoms with Gasteiger partial charge in [0.15, 0.2) is 0 Å². The molecule has 0 N–H and O–H groups in total. The Kier molecular flexibility index (Phi) is 6.16. The zero-order chi connectivity index (χ0) is 18.7. The van der Waals surface area contributed by atoms with E-state index in [0.29, 0.717) is 35.5 Å². The fourth-order valence-electron chi connectivity index (χ4n) is 4.64. The van der Waals surface area contributed by atoms with Crippen molar-refractivity contribution in [1.29, 1.82) is 0 Å². The molecule has 142 valence electrons. The van der Waals surface area contributed by atoms with Crippen molar-refractivity contribution in [3.05, 3.63) is 35.4 Å². The fraction of sp³-hybridized carbons (Fsp3) is 0.652. The van der Waals surface area contributed by atoms with Gasteiger partial charge in [-0.05, 0) is 61.1 Å². The number of benzene rings is 1. The Morgan fingerprint density at radius 2 is 1.81 bits per heavy atom. The molecule has 2 saturated carbocycles. The molecule has 0 amide bonds. The third-order valence-electron chi connectivity index (χ3n) is 6.32. The Hall–Kier alpha value is -1.64. The summed E-state index contributed by atoms with van der Waals surface area (Å²) in [5, 5.41) is 0. The molecule has 0 heterocycles. The molecule has 0 aliphatic heterocycles. The lowest BCUT2D eigenvalue weighted by Gasteiger charge is -2.36. The van der Waals surface area contributed by atoms with Crippen LogP contribution in [0.5, 0.6) is 0 Å². The number of rotatable bonds is 4. The minimum absolute atomic E-state index is 0.0123. The summed E-state index contributed by atoms with van der Waals surface area (Å²) in [6.07, 6.45) is 7.08. The molecule has 2 aliphatic rings. The zero-order valence-corrected chi connectivity index (χ0v) is 16.4. The maximum Gasteiger partial charge on any atom is 0.338 e. The van der Waals surface area contributed by atoms with E-state index in [0.717, 1.165) is 37.7 Å². The maximum atomic E-state index is 12.7. The number of ketones is 1.